The van der Waals surface area contributed by atoms with E-state index in [0.29, 0.717) is 43.7 Å². The third-order valence-electron chi connectivity index (χ3n) is 4.94. The van der Waals surface area contributed by atoms with E-state index in [4.69, 9.17) is 4.42 Å². The van der Waals surface area contributed by atoms with Crippen molar-refractivity contribution < 1.29 is 14.0 Å². The highest BCUT2D eigenvalue weighted by Gasteiger charge is 2.23. The second kappa shape index (κ2) is 7.76. The maximum atomic E-state index is 12.6. The van der Waals surface area contributed by atoms with E-state index in [1.165, 1.54) is 4.57 Å². The summed E-state index contributed by atoms with van der Waals surface area (Å²) in [6, 6.07) is 5.36. The molecular weight excluding hydrogens is 334 g/mol. The Balaban J connectivity index is 1.58. The van der Waals surface area contributed by atoms with Crippen molar-refractivity contribution in [2.24, 2.45) is 7.05 Å². The van der Waals surface area contributed by atoms with Crippen LogP contribution in [-0.2, 0) is 23.1 Å². The van der Waals surface area contributed by atoms with E-state index in [1.807, 2.05) is 21.9 Å². The molecule has 2 amide bonds. The number of unbranched alkanes of at least 4 members (excludes halogenated alkanes) is 1. The van der Waals surface area contributed by atoms with Gasteiger partial charge >= 0.3 is 5.76 Å². The smallest absolute Gasteiger partial charge is 0.408 e. The molecule has 1 saturated heterocycles. The van der Waals surface area contributed by atoms with Gasteiger partial charge in [-0.1, -0.05) is 19.4 Å². The lowest BCUT2D eigenvalue weighted by Gasteiger charge is -2.35. The fourth-order valence-electron chi connectivity index (χ4n) is 3.26. The van der Waals surface area contributed by atoms with Gasteiger partial charge in [0.15, 0.2) is 5.58 Å². The molecule has 0 bridgehead atoms. The van der Waals surface area contributed by atoms with Crippen molar-refractivity contribution in [1.29, 1.82) is 0 Å². The molecule has 7 nitrogen and oxygen atoms in total. The van der Waals surface area contributed by atoms with Gasteiger partial charge in [-0.25, -0.2) is 4.79 Å². The highest BCUT2D eigenvalue weighted by atomic mass is 16.4. The van der Waals surface area contributed by atoms with E-state index in [9.17, 15) is 14.4 Å². The van der Waals surface area contributed by atoms with Gasteiger partial charge in [-0.05, 0) is 24.1 Å². The lowest BCUT2D eigenvalue weighted by atomic mass is 10.1. The van der Waals surface area contributed by atoms with E-state index in [-0.39, 0.29) is 18.2 Å². The Morgan fingerprint density at radius 3 is 2.38 bits per heavy atom. The molecule has 7 heteroatoms. The predicted molar refractivity (Wildman–Crippen MR) is 97.8 cm³/mol. The number of carbonyl (C=O) groups is 2. The first-order chi connectivity index (χ1) is 12.5. The van der Waals surface area contributed by atoms with Gasteiger partial charge in [-0.3, -0.25) is 14.2 Å². The van der Waals surface area contributed by atoms with Crippen molar-refractivity contribution in [2.45, 2.75) is 32.6 Å². The molecule has 0 unspecified atom stereocenters. The Morgan fingerprint density at radius 2 is 1.73 bits per heavy atom. The number of rotatable bonds is 5. The topological polar surface area (TPSA) is 75.8 Å². The molecular formula is C19H25N3O4. The number of amides is 2. The van der Waals surface area contributed by atoms with Crippen LogP contribution in [0.1, 0.15) is 31.7 Å². The number of carbonyl (C=O) groups excluding carboxylic acids is 2. The van der Waals surface area contributed by atoms with Crippen LogP contribution in [0, 0.1) is 0 Å². The Hall–Kier alpha value is -2.57. The van der Waals surface area contributed by atoms with Crippen LogP contribution >= 0.6 is 0 Å². The van der Waals surface area contributed by atoms with Gasteiger partial charge in [0.2, 0.25) is 11.8 Å². The summed E-state index contributed by atoms with van der Waals surface area (Å²) in [4.78, 5) is 39.9. The van der Waals surface area contributed by atoms with Gasteiger partial charge < -0.3 is 14.2 Å². The summed E-state index contributed by atoms with van der Waals surface area (Å²) >= 11 is 0. The monoisotopic (exact) mass is 359 g/mol. The molecule has 1 fully saturated rings. The summed E-state index contributed by atoms with van der Waals surface area (Å²) in [6.45, 7) is 4.42. The number of nitrogens with zero attached hydrogens (tertiary/aromatic N) is 3. The van der Waals surface area contributed by atoms with Crippen molar-refractivity contribution in [3.8, 4) is 0 Å². The van der Waals surface area contributed by atoms with Gasteiger partial charge in [0.1, 0.15) is 0 Å². The molecule has 0 radical (unpaired) electrons. The molecule has 1 aliphatic rings. The summed E-state index contributed by atoms with van der Waals surface area (Å²) in [7, 11) is 1.65. The SMILES string of the molecule is CCCCC(=O)N1CCN(C(=O)Cc2ccc3oc(=O)n(C)c3c2)CC1. The Bertz CT molecular complexity index is 859. The van der Waals surface area contributed by atoms with Crippen LogP contribution in [0.2, 0.25) is 0 Å². The van der Waals surface area contributed by atoms with E-state index < -0.39 is 5.76 Å². The third kappa shape index (κ3) is 3.81. The minimum Gasteiger partial charge on any atom is -0.408 e. The highest BCUT2D eigenvalue weighted by Crippen LogP contribution is 2.16. The van der Waals surface area contributed by atoms with Crippen molar-refractivity contribution in [2.75, 3.05) is 26.2 Å². The standard InChI is InChI=1S/C19H25N3O4/c1-3-4-5-17(23)21-8-10-22(11-9-21)18(24)13-14-6-7-16-15(12-14)20(2)19(25)26-16/h6-7,12H,3-5,8-11,13H2,1-2H3. The summed E-state index contributed by atoms with van der Waals surface area (Å²) < 4.78 is 6.55. The van der Waals surface area contributed by atoms with Crippen LogP contribution in [0.3, 0.4) is 0 Å². The molecule has 26 heavy (non-hydrogen) atoms. The van der Waals surface area contributed by atoms with Crippen LogP contribution in [0.15, 0.2) is 27.4 Å². The normalized spacial score (nSPS) is 14.8. The van der Waals surface area contributed by atoms with Crippen LogP contribution in [-0.4, -0.2) is 52.4 Å². The van der Waals surface area contributed by atoms with Gasteiger partial charge in [-0.15, -0.1) is 0 Å². The quantitative estimate of drug-likeness (QED) is 0.811. The number of oxazole rings is 1. The fraction of sp³-hybridized carbons (Fsp3) is 0.526. The number of aromatic nitrogens is 1. The molecule has 2 heterocycles. The average Bonchev–Trinajstić information content (AvgIpc) is 2.94. The second-order valence-electron chi connectivity index (χ2n) is 6.77. The van der Waals surface area contributed by atoms with Crippen LogP contribution in [0.25, 0.3) is 11.1 Å². The molecule has 3 rings (SSSR count). The van der Waals surface area contributed by atoms with Gasteiger partial charge in [0.05, 0.1) is 11.9 Å². The minimum atomic E-state index is -0.410. The fourth-order valence-corrected chi connectivity index (χ4v) is 3.26. The number of aryl methyl sites for hydroxylation is 1. The first kappa shape index (κ1) is 18.2. The van der Waals surface area contributed by atoms with Gasteiger partial charge in [0.25, 0.3) is 0 Å². The lowest BCUT2D eigenvalue weighted by Crippen LogP contribution is -2.50. The number of piperazine rings is 1. The Kier molecular flexibility index (Phi) is 5.44. The zero-order valence-electron chi connectivity index (χ0n) is 15.4. The number of fused-ring (bicyclic) bond motifs is 1. The van der Waals surface area contributed by atoms with E-state index in [1.54, 1.807) is 13.1 Å². The number of hydrogen-bond acceptors (Lipinski definition) is 4. The summed E-state index contributed by atoms with van der Waals surface area (Å²) in [6.07, 6.45) is 2.79. The van der Waals surface area contributed by atoms with Crippen molar-refractivity contribution >= 4 is 22.9 Å². The molecule has 1 aliphatic heterocycles. The molecule has 140 valence electrons. The van der Waals surface area contributed by atoms with E-state index >= 15 is 0 Å². The number of hydrogen-bond donors (Lipinski definition) is 0. The molecule has 0 spiro atoms. The Morgan fingerprint density at radius 1 is 1.08 bits per heavy atom. The predicted octanol–water partition coefficient (Wildman–Crippen LogP) is 1.53. The van der Waals surface area contributed by atoms with Crippen LogP contribution in [0.4, 0.5) is 0 Å². The summed E-state index contributed by atoms with van der Waals surface area (Å²) in [5.41, 5.74) is 2.06. The van der Waals surface area contributed by atoms with Crippen LogP contribution < -0.4 is 5.76 Å². The van der Waals surface area contributed by atoms with Crippen LogP contribution in [0.5, 0.6) is 0 Å². The van der Waals surface area contributed by atoms with Crippen molar-refractivity contribution in [3.05, 3.63) is 34.3 Å². The number of benzene rings is 1. The first-order valence-corrected chi connectivity index (χ1v) is 9.13. The molecule has 0 aliphatic carbocycles. The lowest BCUT2D eigenvalue weighted by molar-refractivity contribution is -0.139. The molecule has 1 aromatic carbocycles. The maximum Gasteiger partial charge on any atom is 0.419 e. The zero-order valence-corrected chi connectivity index (χ0v) is 15.4. The van der Waals surface area contributed by atoms with Crippen molar-refractivity contribution in [1.82, 2.24) is 14.4 Å². The zero-order chi connectivity index (χ0) is 18.7. The third-order valence-corrected chi connectivity index (χ3v) is 4.94. The van der Waals surface area contributed by atoms with E-state index in [2.05, 4.69) is 6.92 Å². The Labute approximate surface area is 152 Å². The first-order valence-electron chi connectivity index (χ1n) is 9.13. The molecule has 0 saturated carbocycles. The van der Waals surface area contributed by atoms with Gasteiger partial charge in [-0.2, -0.15) is 0 Å². The van der Waals surface area contributed by atoms with Crippen molar-refractivity contribution in [3.63, 3.8) is 0 Å². The molecule has 1 aromatic heterocycles. The highest BCUT2D eigenvalue weighted by molar-refractivity contribution is 5.82. The molecule has 0 atom stereocenters. The van der Waals surface area contributed by atoms with Gasteiger partial charge in [0, 0.05) is 39.6 Å². The average molecular weight is 359 g/mol. The summed E-state index contributed by atoms with van der Waals surface area (Å²) in [5.74, 6) is -0.184. The second-order valence-corrected chi connectivity index (χ2v) is 6.77. The largest absolute Gasteiger partial charge is 0.419 e. The maximum absolute atomic E-state index is 12.6. The molecule has 0 N–H and O–H groups in total. The minimum absolute atomic E-state index is 0.0403. The van der Waals surface area contributed by atoms with E-state index in [0.717, 1.165) is 18.4 Å². The molecule has 2 aromatic rings. The summed E-state index contributed by atoms with van der Waals surface area (Å²) in [5, 5.41) is 0.